The van der Waals surface area contributed by atoms with Crippen molar-refractivity contribution in [2.75, 3.05) is 6.54 Å². The second kappa shape index (κ2) is 5.42. The smallest absolute Gasteiger partial charge is 0.227 e. The zero-order valence-electron chi connectivity index (χ0n) is 11.1. The first kappa shape index (κ1) is 12.9. The Kier molecular flexibility index (Phi) is 3.90. The number of rotatable bonds is 5. The van der Waals surface area contributed by atoms with E-state index in [1.807, 2.05) is 11.0 Å². The number of aromatic hydroxyl groups is 1. The van der Waals surface area contributed by atoms with Gasteiger partial charge in [-0.3, -0.25) is 4.79 Å². The van der Waals surface area contributed by atoms with Crippen molar-refractivity contribution >= 4 is 5.91 Å². The van der Waals surface area contributed by atoms with Crippen LogP contribution in [0.4, 0.5) is 0 Å². The molecule has 0 bridgehead atoms. The van der Waals surface area contributed by atoms with Gasteiger partial charge in [-0.05, 0) is 36.5 Å². The molecule has 1 aromatic carbocycles. The zero-order chi connectivity index (χ0) is 13.1. The molecule has 2 rings (SSSR count). The molecule has 18 heavy (non-hydrogen) atoms. The molecule has 98 valence electrons. The third kappa shape index (κ3) is 3.49. The highest BCUT2D eigenvalue weighted by Crippen LogP contribution is 2.28. The lowest BCUT2D eigenvalue weighted by atomic mass is 10.1. The van der Waals surface area contributed by atoms with Crippen LogP contribution in [0.2, 0.25) is 0 Å². The number of benzene rings is 1. The molecular weight excluding hydrogens is 226 g/mol. The van der Waals surface area contributed by atoms with Crippen LogP contribution in [0.5, 0.6) is 5.75 Å². The molecule has 1 aromatic rings. The van der Waals surface area contributed by atoms with E-state index in [9.17, 15) is 9.90 Å². The molecule has 0 aliphatic heterocycles. The van der Waals surface area contributed by atoms with E-state index in [0.29, 0.717) is 18.4 Å². The molecule has 0 radical (unpaired) electrons. The molecule has 1 amide bonds. The van der Waals surface area contributed by atoms with Gasteiger partial charge >= 0.3 is 0 Å². The van der Waals surface area contributed by atoms with Crippen molar-refractivity contribution in [1.29, 1.82) is 0 Å². The first-order valence-corrected chi connectivity index (χ1v) is 6.63. The number of nitrogens with zero attached hydrogens (tertiary/aromatic N) is 1. The van der Waals surface area contributed by atoms with E-state index in [-0.39, 0.29) is 11.7 Å². The molecule has 0 aromatic heterocycles. The highest BCUT2D eigenvalue weighted by Gasteiger charge is 2.32. The normalized spacial score (nSPS) is 14.8. The minimum atomic E-state index is 0.178. The number of amides is 1. The molecular formula is C15H21NO2. The van der Waals surface area contributed by atoms with E-state index in [0.717, 1.165) is 24.9 Å². The van der Waals surface area contributed by atoms with E-state index in [4.69, 9.17) is 0 Å². The summed E-state index contributed by atoms with van der Waals surface area (Å²) in [4.78, 5) is 14.3. The average molecular weight is 247 g/mol. The van der Waals surface area contributed by atoms with Crippen molar-refractivity contribution in [3.05, 3.63) is 29.8 Å². The van der Waals surface area contributed by atoms with Crippen molar-refractivity contribution in [3.63, 3.8) is 0 Å². The Morgan fingerprint density at radius 3 is 2.72 bits per heavy atom. The fourth-order valence-electron chi connectivity index (χ4n) is 2.18. The highest BCUT2D eigenvalue weighted by atomic mass is 16.3. The van der Waals surface area contributed by atoms with Crippen LogP contribution in [0, 0.1) is 5.92 Å². The van der Waals surface area contributed by atoms with Gasteiger partial charge in [0, 0.05) is 12.6 Å². The summed E-state index contributed by atoms with van der Waals surface area (Å²) in [6, 6.07) is 7.41. The number of phenols is 1. The molecule has 0 spiro atoms. The van der Waals surface area contributed by atoms with Gasteiger partial charge in [-0.25, -0.2) is 0 Å². The summed E-state index contributed by atoms with van der Waals surface area (Å²) < 4.78 is 0. The first-order chi connectivity index (χ1) is 8.56. The SMILES string of the molecule is CC(C)CN(C(=O)Cc1cccc(O)c1)C1CC1. The molecule has 1 N–H and O–H groups in total. The number of hydrogen-bond donors (Lipinski definition) is 1. The van der Waals surface area contributed by atoms with Crippen LogP contribution >= 0.6 is 0 Å². The second-order valence-electron chi connectivity index (χ2n) is 5.52. The number of phenolic OH excluding ortho intramolecular Hbond substituents is 1. The Bertz CT molecular complexity index is 424. The summed E-state index contributed by atoms with van der Waals surface area (Å²) in [5.41, 5.74) is 0.884. The lowest BCUT2D eigenvalue weighted by molar-refractivity contribution is -0.131. The van der Waals surface area contributed by atoms with Gasteiger partial charge in [0.25, 0.3) is 0 Å². The van der Waals surface area contributed by atoms with Crippen molar-refractivity contribution in [3.8, 4) is 5.75 Å². The number of carbonyl (C=O) groups excluding carboxylic acids is 1. The van der Waals surface area contributed by atoms with Crippen LogP contribution < -0.4 is 0 Å². The van der Waals surface area contributed by atoms with Crippen molar-refractivity contribution < 1.29 is 9.90 Å². The predicted molar refractivity (Wildman–Crippen MR) is 71.4 cm³/mol. The van der Waals surface area contributed by atoms with Crippen molar-refractivity contribution in [2.45, 2.75) is 39.2 Å². The molecule has 0 saturated heterocycles. The van der Waals surface area contributed by atoms with Crippen molar-refractivity contribution in [2.24, 2.45) is 5.92 Å². The Morgan fingerprint density at radius 1 is 1.44 bits per heavy atom. The third-order valence-electron chi connectivity index (χ3n) is 3.14. The molecule has 3 nitrogen and oxygen atoms in total. The van der Waals surface area contributed by atoms with E-state index in [1.54, 1.807) is 18.2 Å². The molecule has 1 saturated carbocycles. The van der Waals surface area contributed by atoms with Gasteiger partial charge in [0.1, 0.15) is 5.75 Å². The Balaban J connectivity index is 2.00. The average Bonchev–Trinajstić information content (AvgIpc) is 3.09. The predicted octanol–water partition coefficient (Wildman–Crippen LogP) is 2.58. The van der Waals surface area contributed by atoms with E-state index >= 15 is 0 Å². The Hall–Kier alpha value is -1.51. The maximum Gasteiger partial charge on any atom is 0.227 e. The van der Waals surface area contributed by atoms with Crippen LogP contribution in [0.15, 0.2) is 24.3 Å². The van der Waals surface area contributed by atoms with Gasteiger partial charge in [0.2, 0.25) is 5.91 Å². The summed E-state index contributed by atoms with van der Waals surface area (Å²) in [6.07, 6.45) is 2.66. The Morgan fingerprint density at radius 2 is 2.17 bits per heavy atom. The molecule has 1 fully saturated rings. The van der Waals surface area contributed by atoms with E-state index in [1.165, 1.54) is 0 Å². The summed E-state index contributed by atoms with van der Waals surface area (Å²) in [5.74, 6) is 0.901. The van der Waals surface area contributed by atoms with Crippen LogP contribution in [0.25, 0.3) is 0 Å². The third-order valence-corrected chi connectivity index (χ3v) is 3.14. The molecule has 0 unspecified atom stereocenters. The van der Waals surface area contributed by atoms with Crippen LogP contribution in [-0.4, -0.2) is 28.5 Å². The molecule has 1 aliphatic rings. The summed E-state index contributed by atoms with van der Waals surface area (Å²) in [6.45, 7) is 5.11. The van der Waals surface area contributed by atoms with Gasteiger partial charge < -0.3 is 10.0 Å². The molecule has 0 heterocycles. The van der Waals surface area contributed by atoms with Crippen LogP contribution in [0.1, 0.15) is 32.3 Å². The second-order valence-corrected chi connectivity index (χ2v) is 5.52. The minimum absolute atomic E-state index is 0.178. The summed E-state index contributed by atoms with van der Waals surface area (Å²) >= 11 is 0. The lowest BCUT2D eigenvalue weighted by Gasteiger charge is -2.24. The van der Waals surface area contributed by atoms with E-state index < -0.39 is 0 Å². The molecule has 3 heteroatoms. The van der Waals surface area contributed by atoms with Gasteiger partial charge in [-0.2, -0.15) is 0 Å². The van der Waals surface area contributed by atoms with Crippen LogP contribution in [0.3, 0.4) is 0 Å². The van der Waals surface area contributed by atoms with Crippen molar-refractivity contribution in [1.82, 2.24) is 4.90 Å². The molecule has 0 atom stereocenters. The topological polar surface area (TPSA) is 40.5 Å². The largest absolute Gasteiger partial charge is 0.508 e. The quantitative estimate of drug-likeness (QED) is 0.868. The maximum atomic E-state index is 12.3. The van der Waals surface area contributed by atoms with Gasteiger partial charge in [-0.1, -0.05) is 26.0 Å². The zero-order valence-corrected chi connectivity index (χ0v) is 11.1. The fourth-order valence-corrected chi connectivity index (χ4v) is 2.18. The van der Waals surface area contributed by atoms with Gasteiger partial charge in [-0.15, -0.1) is 0 Å². The molecule has 1 aliphatic carbocycles. The first-order valence-electron chi connectivity index (χ1n) is 6.63. The van der Waals surface area contributed by atoms with E-state index in [2.05, 4.69) is 13.8 Å². The number of hydrogen-bond acceptors (Lipinski definition) is 2. The van der Waals surface area contributed by atoms with Gasteiger partial charge in [0.05, 0.1) is 6.42 Å². The lowest BCUT2D eigenvalue weighted by Crippen LogP contribution is -2.37. The standard InChI is InChI=1S/C15H21NO2/c1-11(2)10-16(13-6-7-13)15(18)9-12-4-3-5-14(17)8-12/h3-5,8,11,13,17H,6-7,9-10H2,1-2H3. The van der Waals surface area contributed by atoms with Crippen LogP contribution in [-0.2, 0) is 11.2 Å². The summed E-state index contributed by atoms with van der Waals surface area (Å²) in [5, 5.41) is 9.41. The Labute approximate surface area is 108 Å². The minimum Gasteiger partial charge on any atom is -0.508 e. The van der Waals surface area contributed by atoms with Gasteiger partial charge in [0.15, 0.2) is 0 Å². The maximum absolute atomic E-state index is 12.3. The monoisotopic (exact) mass is 247 g/mol. The summed E-state index contributed by atoms with van der Waals surface area (Å²) in [7, 11) is 0. The number of carbonyl (C=O) groups is 1. The fraction of sp³-hybridized carbons (Fsp3) is 0.533. The highest BCUT2D eigenvalue weighted by molar-refractivity contribution is 5.79.